The van der Waals surface area contributed by atoms with E-state index < -0.39 is 76.0 Å². The Bertz CT molecular complexity index is 1160. The van der Waals surface area contributed by atoms with Crippen molar-refractivity contribution in [2.24, 2.45) is 10.1 Å². The number of β-lactam (4-membered cyclic amide) rings is 1. The summed E-state index contributed by atoms with van der Waals surface area (Å²) < 4.78 is 32.2. The minimum Gasteiger partial charge on any atom is -0.857 e. The van der Waals surface area contributed by atoms with Crippen LogP contribution in [0.3, 0.4) is 0 Å². The van der Waals surface area contributed by atoms with Gasteiger partial charge in [0, 0.05) is 17.0 Å². The molecule has 1 fully saturated rings. The van der Waals surface area contributed by atoms with Crippen molar-refractivity contribution in [3.8, 4) is 0 Å². The van der Waals surface area contributed by atoms with Crippen molar-refractivity contribution >= 4 is 73.2 Å². The second-order valence-electron chi connectivity index (χ2n) is 6.04. The Balaban J connectivity index is 0. The number of nitrogens with one attached hydrogen (secondary N) is 1. The molecule has 1 saturated heterocycles. The van der Waals surface area contributed by atoms with Crippen LogP contribution in [-0.2, 0) is 29.5 Å². The molecule has 2 rings (SSSR count). The number of nitrogen functional groups attached to an aromatic ring is 1. The third kappa shape index (κ3) is 11.6. The maximum absolute atomic E-state index is 12.6. The van der Waals surface area contributed by atoms with Crippen LogP contribution in [0.1, 0.15) is 5.69 Å². The Morgan fingerprint density at radius 2 is 1.86 bits per heavy atom. The number of anilines is 1. The average Bonchev–Trinajstić information content (AvgIpc) is 3.14. The summed E-state index contributed by atoms with van der Waals surface area (Å²) in [6, 6.07) is -3.23. The molecule has 23 heteroatoms. The number of rotatable bonds is 11. The number of carbonyl (C=O) groups is 4. The van der Waals surface area contributed by atoms with E-state index in [4.69, 9.17) is 5.73 Å². The van der Waals surface area contributed by atoms with Crippen LogP contribution in [0, 0.1) is 0 Å². The van der Waals surface area contributed by atoms with Gasteiger partial charge in [-0.05, 0) is 0 Å². The molecule has 2 amide bonds. The predicted molar refractivity (Wildman–Crippen MR) is 108 cm³/mol. The fourth-order valence-electron chi connectivity index (χ4n) is 2.37. The quantitative estimate of drug-likeness (QED) is 0.0527. The van der Waals surface area contributed by atoms with E-state index in [0.717, 1.165) is 11.3 Å². The number of nitrogens with two attached hydrogens (primary N) is 1. The van der Waals surface area contributed by atoms with E-state index in [1.165, 1.54) is 5.38 Å². The number of amides is 2. The van der Waals surface area contributed by atoms with Crippen molar-refractivity contribution in [1.29, 1.82) is 0 Å². The first kappa shape index (κ1) is 38.7. The van der Waals surface area contributed by atoms with Crippen LogP contribution < -0.4 is 115 Å². The molecule has 0 aliphatic carbocycles. The van der Waals surface area contributed by atoms with Crippen LogP contribution in [0.2, 0.25) is 0 Å². The maximum atomic E-state index is 12.6. The van der Waals surface area contributed by atoms with Crippen LogP contribution in [0.15, 0.2) is 15.5 Å². The van der Waals surface area contributed by atoms with Gasteiger partial charge < -0.3 is 40.8 Å². The zero-order chi connectivity index (χ0) is 25.6. The predicted octanol–water partition coefficient (Wildman–Crippen LogP) is -14.5. The summed E-state index contributed by atoms with van der Waals surface area (Å²) in [6.45, 7) is -1.89. The topological polar surface area (TPSA) is 280 Å². The number of carbonyl (C=O) groups excluding carboxylic acids is 4. The smallest absolute Gasteiger partial charge is 0.857 e. The Hall–Kier alpha value is -0.490. The second kappa shape index (κ2) is 17.3. The number of thiazole rings is 1. The second-order valence-corrected chi connectivity index (χ2v) is 9.21. The molecular formula is C14H13N6Na3O11S3. The van der Waals surface area contributed by atoms with Crippen LogP contribution in [-0.4, -0.2) is 87.9 Å². The van der Waals surface area contributed by atoms with E-state index in [-0.39, 0.29) is 104 Å². The minimum atomic E-state index is -5.09. The summed E-state index contributed by atoms with van der Waals surface area (Å²) in [7, 11) is -5.09. The average molecular weight is 606 g/mol. The standard InChI is InChI=1S/C14H16N6O11S3.3Na/c15-13-17-5(3-32-13)9(19-31-2-8(23)24)11(25)18-10-6(20(12(10)26)34(28,29)30)4-33-14(27)16-1-7(21)22;;;/h3,6,10H,1-2,4H2,(H2,15,17)(H,16,27)(H,18,25)(H,21,22)(H,23,24)(H,28,29,30);;;/q;3*+1/p-3/b19-9+;;;/t6-,10+;;;/m1.../s1. The van der Waals surface area contributed by atoms with Gasteiger partial charge in [0.25, 0.3) is 11.1 Å². The first-order chi connectivity index (χ1) is 15.8. The first-order valence-corrected chi connectivity index (χ1v) is 11.8. The molecule has 1 aliphatic rings. The number of aromatic nitrogens is 1. The van der Waals surface area contributed by atoms with Gasteiger partial charge in [-0.15, -0.1) is 11.3 Å². The molecule has 1 aromatic heterocycles. The number of hydrogen-bond donors (Lipinski definition) is 3. The first-order valence-electron chi connectivity index (χ1n) is 8.58. The molecule has 2 atom stereocenters. The number of aliphatic imine (C=N–C) groups is 1. The number of aliphatic carboxylic acids is 2. The van der Waals surface area contributed by atoms with Gasteiger partial charge in [-0.3, -0.25) is 19.1 Å². The molecule has 0 saturated carbocycles. The van der Waals surface area contributed by atoms with Gasteiger partial charge in [0.05, 0.1) is 24.5 Å². The van der Waals surface area contributed by atoms with Crippen LogP contribution >= 0.6 is 23.1 Å². The van der Waals surface area contributed by atoms with Gasteiger partial charge in [0.15, 0.2) is 17.8 Å². The van der Waals surface area contributed by atoms with E-state index in [0.29, 0.717) is 11.8 Å². The Kier molecular flexibility index (Phi) is 18.0. The van der Waals surface area contributed by atoms with Gasteiger partial charge in [-0.1, -0.05) is 16.9 Å². The molecule has 1 aliphatic heterocycles. The van der Waals surface area contributed by atoms with Gasteiger partial charge in [-0.25, -0.2) is 9.29 Å². The molecule has 0 radical (unpaired) electrons. The fraction of sp³-hybridized carbons (Fsp3) is 0.357. The molecule has 186 valence electrons. The van der Waals surface area contributed by atoms with Gasteiger partial charge in [0.2, 0.25) is 0 Å². The molecule has 2 heterocycles. The van der Waals surface area contributed by atoms with Crippen molar-refractivity contribution < 1.29 is 141 Å². The molecule has 17 nitrogen and oxygen atoms in total. The maximum Gasteiger partial charge on any atom is 1.00 e. The van der Waals surface area contributed by atoms with E-state index >= 15 is 0 Å². The third-order valence-electron chi connectivity index (χ3n) is 3.71. The van der Waals surface area contributed by atoms with Crippen molar-refractivity contribution in [2.45, 2.75) is 12.1 Å². The summed E-state index contributed by atoms with van der Waals surface area (Å²) in [5.41, 5.74) is 4.61. The molecule has 0 spiro atoms. The summed E-state index contributed by atoms with van der Waals surface area (Å²) in [6.07, 6.45) is 0. The Morgan fingerprint density at radius 3 is 2.35 bits per heavy atom. The van der Waals surface area contributed by atoms with E-state index in [2.05, 4.69) is 20.0 Å². The third-order valence-corrected chi connectivity index (χ3v) is 6.24. The van der Waals surface area contributed by atoms with Crippen LogP contribution in [0.5, 0.6) is 0 Å². The Labute approximate surface area is 283 Å². The molecule has 4 N–H and O–H groups in total. The summed E-state index contributed by atoms with van der Waals surface area (Å²) in [5, 5.41) is 39.1. The number of hydrogen-bond acceptors (Lipinski definition) is 16. The van der Waals surface area contributed by atoms with Gasteiger partial charge >= 0.3 is 99.0 Å². The molecule has 0 unspecified atom stereocenters. The number of carboxylic acids is 2. The van der Waals surface area contributed by atoms with Crippen molar-refractivity contribution in [1.82, 2.24) is 14.6 Å². The number of carboxylic acid groups (broad SMARTS) is 2. The van der Waals surface area contributed by atoms with E-state index in [1.807, 2.05) is 5.32 Å². The molecule has 37 heavy (non-hydrogen) atoms. The fourth-order valence-corrected chi connectivity index (χ4v) is 4.71. The summed E-state index contributed by atoms with van der Waals surface area (Å²) in [4.78, 5) is 56.6. The van der Waals surface area contributed by atoms with Crippen LogP contribution in [0.25, 0.3) is 0 Å². The normalized spacial score (nSPS) is 17.3. The number of thioether (sulfide) groups is 1. The summed E-state index contributed by atoms with van der Waals surface area (Å²) >= 11 is 1.22. The minimum absolute atomic E-state index is 0. The number of oxime groups is 1. The largest absolute Gasteiger partial charge is 1.00 e. The SMILES string of the molecule is Nc1nc(/C(=N\OCC(=O)[O-])C([O-])=N[C@@H]2C(=O)N(S(=O)(=O)O)[C@@H]2CSC(=O)NCC(=O)[O-])cs1.[Na+].[Na+].[Na+]. The monoisotopic (exact) mass is 606 g/mol. The molecule has 0 bridgehead atoms. The van der Waals surface area contributed by atoms with Crippen LogP contribution in [0.4, 0.5) is 9.93 Å². The summed E-state index contributed by atoms with van der Waals surface area (Å²) in [5.74, 6) is -6.39. The molecular weight excluding hydrogens is 593 g/mol. The van der Waals surface area contributed by atoms with Crippen molar-refractivity contribution in [2.75, 3.05) is 24.6 Å². The van der Waals surface area contributed by atoms with E-state index in [1.54, 1.807) is 0 Å². The van der Waals surface area contributed by atoms with Gasteiger partial charge in [0.1, 0.15) is 11.4 Å². The zero-order valence-electron chi connectivity index (χ0n) is 19.5. The van der Waals surface area contributed by atoms with E-state index in [9.17, 15) is 47.5 Å². The van der Waals surface area contributed by atoms with Crippen molar-refractivity contribution in [3.63, 3.8) is 0 Å². The zero-order valence-corrected chi connectivity index (χ0v) is 27.9. The number of nitrogens with zero attached hydrogens (tertiary/aromatic N) is 4. The molecule has 1 aromatic rings. The molecule has 0 aromatic carbocycles. The van der Waals surface area contributed by atoms with Crippen molar-refractivity contribution in [3.05, 3.63) is 11.1 Å². The Morgan fingerprint density at radius 1 is 1.24 bits per heavy atom. The van der Waals surface area contributed by atoms with Gasteiger partial charge in [-0.2, -0.15) is 8.42 Å².